The predicted molar refractivity (Wildman–Crippen MR) is 97.4 cm³/mol. The first-order valence-corrected chi connectivity index (χ1v) is 8.70. The number of aliphatic hydroxyl groups excluding tert-OH is 1. The number of carboxylic acid groups (broad SMARTS) is 1. The Balaban J connectivity index is 5.30. The molecule has 12 heteroatoms. The maximum absolute atomic E-state index is 12.5. The summed E-state index contributed by atoms with van der Waals surface area (Å²) in [6.07, 6.45) is -1.66. The third kappa shape index (κ3) is 8.77. The van der Waals surface area contributed by atoms with Gasteiger partial charge in [0, 0.05) is 6.42 Å². The molecule has 0 saturated heterocycles. The van der Waals surface area contributed by atoms with E-state index in [2.05, 4.69) is 16.0 Å². The molecule has 0 heterocycles. The largest absolute Gasteiger partial charge is 0.480 e. The molecule has 0 bridgehead atoms. The fourth-order valence-corrected chi connectivity index (χ4v) is 2.23. The molecule has 0 aliphatic rings. The summed E-state index contributed by atoms with van der Waals surface area (Å²) in [7, 11) is 0. The topological polar surface area (TPSA) is 214 Å². The zero-order valence-corrected chi connectivity index (χ0v) is 16.1. The second-order valence-electron chi connectivity index (χ2n) is 6.62. The van der Waals surface area contributed by atoms with Gasteiger partial charge in [-0.3, -0.25) is 19.2 Å². The van der Waals surface area contributed by atoms with Gasteiger partial charge in [-0.25, -0.2) is 4.79 Å². The molecular weight excluding hydrogens is 374 g/mol. The number of carbonyl (C=O) groups is 5. The van der Waals surface area contributed by atoms with Crippen molar-refractivity contribution in [2.24, 2.45) is 17.4 Å². The van der Waals surface area contributed by atoms with Gasteiger partial charge in [0.05, 0.1) is 12.6 Å². The van der Waals surface area contributed by atoms with Crippen LogP contribution in [0.4, 0.5) is 0 Å². The van der Waals surface area contributed by atoms with E-state index in [-0.39, 0.29) is 19.4 Å². The van der Waals surface area contributed by atoms with Crippen molar-refractivity contribution in [1.29, 1.82) is 0 Å². The van der Waals surface area contributed by atoms with E-state index < -0.39 is 59.7 Å². The van der Waals surface area contributed by atoms with Crippen LogP contribution in [0.2, 0.25) is 0 Å². The minimum atomic E-state index is -1.56. The Hall–Kier alpha value is -2.73. The number of primary amides is 1. The van der Waals surface area contributed by atoms with Gasteiger partial charge in [0.25, 0.3) is 0 Å². The predicted octanol–water partition coefficient (Wildman–Crippen LogP) is -3.21. The summed E-state index contributed by atoms with van der Waals surface area (Å²) in [4.78, 5) is 58.6. The SMILES string of the molecule is CC(C)C(NC(=O)C(CCC(N)=O)NC(=O)CN)C(=O)NC(C(=O)O)C(C)O. The molecule has 0 aromatic heterocycles. The van der Waals surface area contributed by atoms with Gasteiger partial charge in [-0.05, 0) is 19.3 Å². The lowest BCUT2D eigenvalue weighted by Crippen LogP contribution is -2.59. The van der Waals surface area contributed by atoms with Crippen LogP contribution in [0.5, 0.6) is 0 Å². The molecule has 12 nitrogen and oxygen atoms in total. The number of aliphatic hydroxyl groups is 1. The van der Waals surface area contributed by atoms with E-state index in [0.29, 0.717) is 0 Å². The zero-order chi connectivity index (χ0) is 22.0. The summed E-state index contributed by atoms with van der Waals surface area (Å²) >= 11 is 0. The Kier molecular flexibility index (Phi) is 10.7. The highest BCUT2D eigenvalue weighted by atomic mass is 16.4. The Morgan fingerprint density at radius 1 is 0.929 bits per heavy atom. The lowest BCUT2D eigenvalue weighted by molar-refractivity contribution is -0.145. The zero-order valence-electron chi connectivity index (χ0n) is 16.1. The van der Waals surface area contributed by atoms with Crippen LogP contribution in [0.15, 0.2) is 0 Å². The normalized spacial score (nSPS) is 15.1. The molecule has 9 N–H and O–H groups in total. The number of aliphatic carboxylic acids is 1. The lowest BCUT2D eigenvalue weighted by Gasteiger charge is -2.27. The molecule has 0 radical (unpaired) electrons. The molecule has 0 aromatic carbocycles. The van der Waals surface area contributed by atoms with E-state index in [4.69, 9.17) is 16.6 Å². The summed E-state index contributed by atoms with van der Waals surface area (Å²) in [5, 5.41) is 25.5. The number of rotatable bonds is 12. The van der Waals surface area contributed by atoms with E-state index >= 15 is 0 Å². The van der Waals surface area contributed by atoms with Crippen molar-refractivity contribution in [3.05, 3.63) is 0 Å². The third-order valence-electron chi connectivity index (χ3n) is 3.81. The molecule has 28 heavy (non-hydrogen) atoms. The number of amides is 4. The molecule has 0 aliphatic heterocycles. The smallest absolute Gasteiger partial charge is 0.328 e. The maximum Gasteiger partial charge on any atom is 0.328 e. The Bertz CT molecular complexity index is 594. The van der Waals surface area contributed by atoms with Crippen molar-refractivity contribution in [1.82, 2.24) is 16.0 Å². The maximum atomic E-state index is 12.5. The van der Waals surface area contributed by atoms with Gasteiger partial charge < -0.3 is 37.6 Å². The summed E-state index contributed by atoms with van der Waals surface area (Å²) < 4.78 is 0. The molecule has 4 atom stereocenters. The lowest BCUT2D eigenvalue weighted by atomic mass is 10.0. The quantitative estimate of drug-likeness (QED) is 0.175. The van der Waals surface area contributed by atoms with Gasteiger partial charge in [-0.1, -0.05) is 13.8 Å². The highest BCUT2D eigenvalue weighted by Crippen LogP contribution is 2.06. The number of nitrogens with one attached hydrogen (secondary N) is 3. The minimum absolute atomic E-state index is 0.106. The molecule has 0 saturated carbocycles. The van der Waals surface area contributed by atoms with Crippen LogP contribution < -0.4 is 27.4 Å². The van der Waals surface area contributed by atoms with Crippen LogP contribution in [0.1, 0.15) is 33.6 Å². The highest BCUT2D eigenvalue weighted by molar-refractivity contribution is 5.94. The van der Waals surface area contributed by atoms with Crippen LogP contribution in [0.25, 0.3) is 0 Å². The standard InChI is InChI=1S/C16H29N5O7/c1-7(2)12(15(26)21-13(8(3)22)16(27)28)20-14(25)9(4-5-10(18)23)19-11(24)6-17/h7-9,12-13,22H,4-6,17H2,1-3H3,(H2,18,23)(H,19,24)(H,20,25)(H,21,26)(H,27,28). The van der Waals surface area contributed by atoms with Gasteiger partial charge >= 0.3 is 5.97 Å². The van der Waals surface area contributed by atoms with Gasteiger partial charge in [-0.15, -0.1) is 0 Å². The van der Waals surface area contributed by atoms with Crippen LogP contribution in [0.3, 0.4) is 0 Å². The highest BCUT2D eigenvalue weighted by Gasteiger charge is 2.32. The second kappa shape index (κ2) is 11.9. The fourth-order valence-electron chi connectivity index (χ4n) is 2.23. The average molecular weight is 403 g/mol. The van der Waals surface area contributed by atoms with Crippen molar-refractivity contribution < 1.29 is 34.2 Å². The third-order valence-corrected chi connectivity index (χ3v) is 3.81. The molecule has 4 amide bonds. The average Bonchev–Trinajstić information content (AvgIpc) is 2.59. The Morgan fingerprint density at radius 3 is 1.86 bits per heavy atom. The van der Waals surface area contributed by atoms with Crippen molar-refractivity contribution in [3.63, 3.8) is 0 Å². The molecule has 4 unspecified atom stereocenters. The van der Waals surface area contributed by atoms with E-state index in [1.807, 2.05) is 0 Å². The van der Waals surface area contributed by atoms with Crippen molar-refractivity contribution in [2.75, 3.05) is 6.54 Å². The second-order valence-corrected chi connectivity index (χ2v) is 6.62. The van der Waals surface area contributed by atoms with E-state index in [0.717, 1.165) is 0 Å². The fraction of sp³-hybridized carbons (Fsp3) is 0.688. The summed E-state index contributed by atoms with van der Waals surface area (Å²) in [5.41, 5.74) is 10.3. The van der Waals surface area contributed by atoms with Crippen LogP contribution in [0, 0.1) is 5.92 Å². The van der Waals surface area contributed by atoms with Crippen LogP contribution >= 0.6 is 0 Å². The van der Waals surface area contributed by atoms with Gasteiger partial charge in [0.15, 0.2) is 6.04 Å². The minimum Gasteiger partial charge on any atom is -0.480 e. The molecular formula is C16H29N5O7. The molecule has 0 rings (SSSR count). The van der Waals surface area contributed by atoms with Crippen molar-refractivity contribution >= 4 is 29.6 Å². The van der Waals surface area contributed by atoms with Crippen molar-refractivity contribution in [2.45, 2.75) is 57.8 Å². The first-order chi connectivity index (χ1) is 12.9. The first kappa shape index (κ1) is 25.3. The Labute approximate surface area is 162 Å². The molecule has 0 aromatic rings. The van der Waals surface area contributed by atoms with Crippen molar-refractivity contribution in [3.8, 4) is 0 Å². The number of carboxylic acids is 1. The number of hydrogen-bond donors (Lipinski definition) is 7. The summed E-state index contributed by atoms with van der Waals surface area (Å²) in [5.74, 6) is -4.80. The van der Waals surface area contributed by atoms with Gasteiger partial charge in [-0.2, -0.15) is 0 Å². The number of carbonyl (C=O) groups excluding carboxylic acids is 4. The summed E-state index contributed by atoms with van der Waals surface area (Å²) in [6, 6.07) is -3.88. The number of nitrogens with two attached hydrogens (primary N) is 2. The Morgan fingerprint density at radius 2 is 1.46 bits per heavy atom. The monoisotopic (exact) mass is 403 g/mol. The first-order valence-electron chi connectivity index (χ1n) is 8.70. The van der Waals surface area contributed by atoms with E-state index in [1.165, 1.54) is 6.92 Å². The van der Waals surface area contributed by atoms with Gasteiger partial charge in [0.1, 0.15) is 12.1 Å². The molecule has 160 valence electrons. The van der Waals surface area contributed by atoms with E-state index in [1.54, 1.807) is 13.8 Å². The van der Waals surface area contributed by atoms with Gasteiger partial charge in [0.2, 0.25) is 23.6 Å². The number of hydrogen-bond acceptors (Lipinski definition) is 7. The van der Waals surface area contributed by atoms with Crippen LogP contribution in [-0.2, 0) is 24.0 Å². The summed E-state index contributed by atoms with van der Waals surface area (Å²) in [6.45, 7) is 4.03. The van der Waals surface area contributed by atoms with E-state index in [9.17, 15) is 29.1 Å². The molecule has 0 fully saturated rings. The van der Waals surface area contributed by atoms with Crippen LogP contribution in [-0.4, -0.2) is 70.6 Å². The molecule has 0 aliphatic carbocycles. The molecule has 0 spiro atoms.